The van der Waals surface area contributed by atoms with Crippen molar-refractivity contribution in [3.8, 4) is 5.69 Å². The number of nitrogens with one attached hydrogen (secondary N) is 1. The third-order valence-electron chi connectivity index (χ3n) is 6.29. The van der Waals surface area contributed by atoms with E-state index in [1.54, 1.807) is 46.2 Å². The van der Waals surface area contributed by atoms with E-state index in [9.17, 15) is 14.0 Å². The first-order valence-corrected chi connectivity index (χ1v) is 11.4. The fraction of sp³-hybridized carbons (Fsp3) is 0.320. The van der Waals surface area contributed by atoms with Crippen molar-refractivity contribution in [1.29, 1.82) is 0 Å². The van der Waals surface area contributed by atoms with Crippen LogP contribution in [0.15, 0.2) is 60.9 Å². The van der Waals surface area contributed by atoms with Crippen molar-refractivity contribution >= 4 is 23.2 Å². The molecule has 2 saturated heterocycles. The quantitative estimate of drug-likeness (QED) is 0.630. The predicted molar refractivity (Wildman–Crippen MR) is 126 cm³/mol. The van der Waals surface area contributed by atoms with Crippen LogP contribution in [0, 0.1) is 11.7 Å². The summed E-state index contributed by atoms with van der Waals surface area (Å²) in [4.78, 5) is 29.0. The third kappa shape index (κ3) is 4.65. The maximum Gasteiger partial charge on any atom is 0.253 e. The molecule has 5 rings (SSSR count). The van der Waals surface area contributed by atoms with Crippen LogP contribution in [0.2, 0.25) is 0 Å². The van der Waals surface area contributed by atoms with Crippen LogP contribution >= 0.6 is 0 Å². The number of carbonyl (C=O) groups excluding carboxylic acids is 2. The lowest BCUT2D eigenvalue weighted by atomic mass is 10.1. The van der Waals surface area contributed by atoms with Gasteiger partial charge in [-0.15, -0.1) is 0 Å². The Balaban J connectivity index is 1.18. The van der Waals surface area contributed by atoms with E-state index < -0.39 is 0 Å². The molecule has 8 nitrogen and oxygen atoms in total. The van der Waals surface area contributed by atoms with Gasteiger partial charge in [0.2, 0.25) is 5.91 Å². The van der Waals surface area contributed by atoms with Crippen LogP contribution in [-0.2, 0) is 9.53 Å². The van der Waals surface area contributed by atoms with E-state index in [0.717, 1.165) is 12.1 Å². The summed E-state index contributed by atoms with van der Waals surface area (Å²) in [5.74, 6) is -0.478. The molecule has 1 N–H and O–H groups in total. The van der Waals surface area contributed by atoms with Crippen LogP contribution < -0.4 is 10.2 Å². The molecule has 176 valence electrons. The molecule has 9 heteroatoms. The van der Waals surface area contributed by atoms with Crippen LogP contribution in [0.5, 0.6) is 0 Å². The fourth-order valence-corrected chi connectivity index (χ4v) is 4.31. The Morgan fingerprint density at radius 3 is 2.50 bits per heavy atom. The average molecular weight is 464 g/mol. The molecule has 2 aromatic carbocycles. The van der Waals surface area contributed by atoms with Gasteiger partial charge in [0.15, 0.2) is 0 Å². The van der Waals surface area contributed by atoms with Crippen LogP contribution in [-0.4, -0.2) is 65.9 Å². The molecule has 0 aliphatic carbocycles. The third-order valence-corrected chi connectivity index (χ3v) is 6.29. The van der Waals surface area contributed by atoms with Crippen molar-refractivity contribution in [3.05, 3.63) is 72.3 Å². The minimum absolute atomic E-state index is 0.0491. The molecular formula is C25H26FN5O3. The Morgan fingerprint density at radius 1 is 1.03 bits per heavy atom. The number of hydrogen-bond acceptors (Lipinski definition) is 5. The standard InChI is InChI=1S/C25H26FN5O3/c26-22-3-1-2-4-23(22)29-10-12-30(13-11-29)25(33)18-5-7-21(8-6-18)31-16-20(15-27-31)28-24(32)19-9-14-34-17-19/h1-8,15-16,19H,9-14,17H2,(H,28,32)/t19-/m0/s1. The highest BCUT2D eigenvalue weighted by atomic mass is 19.1. The first kappa shape index (κ1) is 22.1. The van der Waals surface area contributed by atoms with Gasteiger partial charge in [0.1, 0.15) is 5.82 Å². The Bertz CT molecular complexity index is 1170. The van der Waals surface area contributed by atoms with Crippen LogP contribution in [0.4, 0.5) is 15.8 Å². The number of halogens is 1. The van der Waals surface area contributed by atoms with E-state index in [4.69, 9.17) is 4.74 Å². The molecule has 3 heterocycles. The fourth-order valence-electron chi connectivity index (χ4n) is 4.31. The van der Waals surface area contributed by atoms with Gasteiger partial charge in [0.25, 0.3) is 5.91 Å². The summed E-state index contributed by atoms with van der Waals surface area (Å²) in [5, 5.41) is 7.19. The number of hydrogen-bond donors (Lipinski definition) is 1. The topological polar surface area (TPSA) is 79.7 Å². The highest BCUT2D eigenvalue weighted by Gasteiger charge is 2.25. The van der Waals surface area contributed by atoms with Crippen LogP contribution in [0.25, 0.3) is 5.69 Å². The zero-order valence-electron chi connectivity index (χ0n) is 18.7. The normalized spacial score (nSPS) is 18.2. The average Bonchev–Trinajstić information content (AvgIpc) is 3.57. The number of aromatic nitrogens is 2. The maximum atomic E-state index is 14.1. The van der Waals surface area contributed by atoms with E-state index >= 15 is 0 Å². The summed E-state index contributed by atoms with van der Waals surface area (Å²) in [5.41, 5.74) is 2.56. The van der Waals surface area contributed by atoms with Crippen molar-refractivity contribution in [2.24, 2.45) is 5.92 Å². The molecule has 0 spiro atoms. The van der Waals surface area contributed by atoms with Gasteiger partial charge in [-0.1, -0.05) is 12.1 Å². The summed E-state index contributed by atoms with van der Waals surface area (Å²) in [7, 11) is 0. The molecule has 2 fully saturated rings. The number of nitrogens with zero attached hydrogens (tertiary/aromatic N) is 4. The number of benzene rings is 2. The smallest absolute Gasteiger partial charge is 0.253 e. The maximum absolute atomic E-state index is 14.1. The summed E-state index contributed by atoms with van der Waals surface area (Å²) in [6.07, 6.45) is 4.07. The van der Waals surface area contributed by atoms with Crippen molar-refractivity contribution in [2.75, 3.05) is 49.6 Å². The van der Waals surface area contributed by atoms with Crippen molar-refractivity contribution < 1.29 is 18.7 Å². The molecule has 2 amide bonds. The molecule has 34 heavy (non-hydrogen) atoms. The molecule has 3 aromatic rings. The lowest BCUT2D eigenvalue weighted by molar-refractivity contribution is -0.119. The first-order valence-electron chi connectivity index (χ1n) is 11.4. The molecule has 0 radical (unpaired) electrons. The molecule has 0 bridgehead atoms. The Hall–Kier alpha value is -3.72. The second-order valence-corrected chi connectivity index (χ2v) is 8.50. The predicted octanol–water partition coefficient (Wildman–Crippen LogP) is 2.95. The van der Waals surface area contributed by atoms with E-state index in [1.165, 1.54) is 6.07 Å². The van der Waals surface area contributed by atoms with Gasteiger partial charge in [-0.2, -0.15) is 5.10 Å². The summed E-state index contributed by atoms with van der Waals surface area (Å²) < 4.78 is 21.0. The minimum Gasteiger partial charge on any atom is -0.381 e. The number of ether oxygens (including phenoxy) is 1. The van der Waals surface area contributed by atoms with Gasteiger partial charge in [0, 0.05) is 38.3 Å². The van der Waals surface area contributed by atoms with Crippen molar-refractivity contribution in [1.82, 2.24) is 14.7 Å². The van der Waals surface area contributed by atoms with Crippen molar-refractivity contribution in [3.63, 3.8) is 0 Å². The van der Waals surface area contributed by atoms with E-state index in [-0.39, 0.29) is 23.5 Å². The van der Waals surface area contributed by atoms with Crippen LogP contribution in [0.3, 0.4) is 0 Å². The SMILES string of the molecule is O=C(Nc1cnn(-c2ccc(C(=O)N3CCN(c4ccccc4F)CC3)cc2)c1)[C@H]1CCOC1. The molecular weight excluding hydrogens is 437 g/mol. The summed E-state index contributed by atoms with van der Waals surface area (Å²) in [6.45, 7) is 3.29. The monoisotopic (exact) mass is 463 g/mol. The molecule has 0 unspecified atom stereocenters. The Labute approximate surface area is 196 Å². The number of amides is 2. The second kappa shape index (κ2) is 9.64. The zero-order valence-corrected chi connectivity index (χ0v) is 18.7. The van der Waals surface area contributed by atoms with Gasteiger partial charge >= 0.3 is 0 Å². The van der Waals surface area contributed by atoms with Gasteiger partial charge < -0.3 is 19.9 Å². The van der Waals surface area contributed by atoms with E-state index in [2.05, 4.69) is 10.4 Å². The number of carbonyl (C=O) groups is 2. The van der Waals surface area contributed by atoms with E-state index in [0.29, 0.717) is 56.3 Å². The number of piperazine rings is 1. The first-order chi connectivity index (χ1) is 16.6. The van der Waals surface area contributed by atoms with Gasteiger partial charge in [-0.3, -0.25) is 9.59 Å². The highest BCUT2D eigenvalue weighted by molar-refractivity contribution is 5.94. The largest absolute Gasteiger partial charge is 0.381 e. The highest BCUT2D eigenvalue weighted by Crippen LogP contribution is 2.21. The Kier molecular flexibility index (Phi) is 6.27. The van der Waals surface area contributed by atoms with Gasteiger partial charge in [0.05, 0.1) is 42.0 Å². The summed E-state index contributed by atoms with van der Waals surface area (Å²) in [6, 6.07) is 13.9. The van der Waals surface area contributed by atoms with Gasteiger partial charge in [-0.05, 0) is 42.8 Å². The number of rotatable bonds is 5. The number of para-hydroxylation sites is 1. The minimum atomic E-state index is -0.244. The molecule has 2 aliphatic heterocycles. The molecule has 1 aromatic heterocycles. The summed E-state index contributed by atoms with van der Waals surface area (Å²) >= 11 is 0. The van der Waals surface area contributed by atoms with Gasteiger partial charge in [-0.25, -0.2) is 9.07 Å². The lowest BCUT2D eigenvalue weighted by Gasteiger charge is -2.36. The number of anilines is 2. The molecule has 0 saturated carbocycles. The van der Waals surface area contributed by atoms with Crippen LogP contribution in [0.1, 0.15) is 16.8 Å². The Morgan fingerprint density at radius 2 is 1.79 bits per heavy atom. The molecule has 1 atom stereocenters. The van der Waals surface area contributed by atoms with Crippen molar-refractivity contribution in [2.45, 2.75) is 6.42 Å². The zero-order chi connectivity index (χ0) is 23.5. The van der Waals surface area contributed by atoms with E-state index in [1.807, 2.05) is 23.1 Å². The lowest BCUT2D eigenvalue weighted by Crippen LogP contribution is -2.49. The second-order valence-electron chi connectivity index (χ2n) is 8.50. The molecule has 2 aliphatic rings.